The van der Waals surface area contributed by atoms with Crippen LogP contribution in [0.1, 0.15) is 32.9 Å². The van der Waals surface area contributed by atoms with E-state index >= 15 is 0 Å². The predicted octanol–water partition coefficient (Wildman–Crippen LogP) is 2.89. The van der Waals surface area contributed by atoms with Crippen molar-refractivity contribution in [2.45, 2.75) is 50.0 Å². The number of likely N-dealkylation sites (tertiary alicyclic amines) is 1. The quantitative estimate of drug-likeness (QED) is 0.839. The second-order valence-corrected chi connectivity index (χ2v) is 7.19. The molecule has 0 aliphatic carbocycles. The predicted molar refractivity (Wildman–Crippen MR) is 78.8 cm³/mol. The van der Waals surface area contributed by atoms with Crippen LogP contribution in [0.2, 0.25) is 0 Å². The molecule has 0 unspecified atom stereocenters. The van der Waals surface area contributed by atoms with Crippen LogP contribution < -0.4 is 0 Å². The molecule has 0 aromatic carbocycles. The molecule has 6 heteroatoms. The van der Waals surface area contributed by atoms with Crippen LogP contribution in [0, 0.1) is 6.92 Å². The number of carbonyl (C=O) groups is 1. The Bertz CT molecular complexity index is 488. The number of aromatic nitrogens is 2. The Morgan fingerprint density at radius 1 is 1.40 bits per heavy atom. The van der Waals surface area contributed by atoms with E-state index in [0.717, 1.165) is 23.7 Å². The fourth-order valence-corrected chi connectivity index (χ4v) is 3.12. The van der Waals surface area contributed by atoms with Gasteiger partial charge in [0.25, 0.3) is 0 Å². The monoisotopic (exact) mass is 295 g/mol. The second-order valence-electron chi connectivity index (χ2n) is 5.90. The molecule has 1 atom stereocenters. The molecular formula is C14H21N3O2S. The zero-order valence-electron chi connectivity index (χ0n) is 12.4. The number of amides is 1. The van der Waals surface area contributed by atoms with Crippen molar-refractivity contribution in [2.75, 3.05) is 13.1 Å². The van der Waals surface area contributed by atoms with Gasteiger partial charge in [-0.05, 0) is 34.1 Å². The van der Waals surface area contributed by atoms with Gasteiger partial charge in [0.2, 0.25) is 0 Å². The molecule has 2 heterocycles. The first-order valence-corrected chi connectivity index (χ1v) is 7.65. The van der Waals surface area contributed by atoms with E-state index in [4.69, 9.17) is 4.74 Å². The van der Waals surface area contributed by atoms with E-state index in [-0.39, 0.29) is 6.09 Å². The van der Waals surface area contributed by atoms with Crippen LogP contribution >= 0.6 is 11.8 Å². The van der Waals surface area contributed by atoms with Crippen LogP contribution in [0.15, 0.2) is 17.4 Å². The van der Waals surface area contributed by atoms with Crippen LogP contribution in [0.3, 0.4) is 0 Å². The second kappa shape index (κ2) is 5.99. The summed E-state index contributed by atoms with van der Waals surface area (Å²) < 4.78 is 5.39. The molecule has 0 N–H and O–H groups in total. The molecule has 1 aliphatic rings. The maximum Gasteiger partial charge on any atom is 0.410 e. The SMILES string of the molecule is Cc1nccnc1S[C@H]1CCN(C(=O)OC(C)(C)C)C1. The van der Waals surface area contributed by atoms with E-state index in [9.17, 15) is 4.79 Å². The zero-order valence-corrected chi connectivity index (χ0v) is 13.2. The Balaban J connectivity index is 1.90. The van der Waals surface area contributed by atoms with Gasteiger partial charge in [0.05, 0.1) is 5.69 Å². The number of hydrogen-bond acceptors (Lipinski definition) is 5. The summed E-state index contributed by atoms with van der Waals surface area (Å²) in [5.74, 6) is 0. The lowest BCUT2D eigenvalue weighted by molar-refractivity contribution is 0.0295. The normalized spacial score (nSPS) is 19.2. The first kappa shape index (κ1) is 15.1. The molecule has 0 saturated carbocycles. The zero-order chi connectivity index (χ0) is 14.8. The van der Waals surface area contributed by atoms with Crippen molar-refractivity contribution in [2.24, 2.45) is 0 Å². The van der Waals surface area contributed by atoms with Gasteiger partial charge in [0, 0.05) is 30.7 Å². The van der Waals surface area contributed by atoms with Crippen molar-refractivity contribution in [1.29, 1.82) is 0 Å². The van der Waals surface area contributed by atoms with Crippen molar-refractivity contribution in [3.63, 3.8) is 0 Å². The summed E-state index contributed by atoms with van der Waals surface area (Å²) in [6.07, 6.45) is 4.13. The Morgan fingerprint density at radius 3 is 2.75 bits per heavy atom. The molecule has 20 heavy (non-hydrogen) atoms. The molecule has 1 fully saturated rings. The number of hydrogen-bond donors (Lipinski definition) is 0. The third-order valence-electron chi connectivity index (χ3n) is 2.91. The molecule has 0 spiro atoms. The van der Waals surface area contributed by atoms with E-state index in [1.807, 2.05) is 27.7 Å². The van der Waals surface area contributed by atoms with Crippen LogP contribution in [-0.4, -0.2) is 44.9 Å². The van der Waals surface area contributed by atoms with E-state index in [0.29, 0.717) is 11.8 Å². The van der Waals surface area contributed by atoms with Crippen molar-refractivity contribution >= 4 is 17.9 Å². The fourth-order valence-electron chi connectivity index (χ4n) is 1.99. The van der Waals surface area contributed by atoms with Crippen molar-refractivity contribution in [3.8, 4) is 0 Å². The van der Waals surface area contributed by atoms with Gasteiger partial charge in [0.15, 0.2) is 0 Å². The molecule has 0 radical (unpaired) electrons. The first-order valence-electron chi connectivity index (χ1n) is 6.77. The molecular weight excluding hydrogens is 274 g/mol. The molecule has 2 rings (SSSR count). The smallest absolute Gasteiger partial charge is 0.410 e. The Hall–Kier alpha value is -1.30. The number of carbonyl (C=O) groups excluding carboxylic acids is 1. The summed E-state index contributed by atoms with van der Waals surface area (Å²) in [6.45, 7) is 9.06. The number of nitrogens with zero attached hydrogens (tertiary/aromatic N) is 3. The molecule has 1 aliphatic heterocycles. The molecule has 5 nitrogen and oxygen atoms in total. The Labute approximate surface area is 124 Å². The standard InChI is InChI=1S/C14H21N3O2S/c1-10-12(16-7-6-15-10)20-11-5-8-17(9-11)13(18)19-14(2,3)4/h6-7,11H,5,8-9H2,1-4H3/t11-/m0/s1. The highest BCUT2D eigenvalue weighted by Gasteiger charge is 2.30. The number of aryl methyl sites for hydroxylation is 1. The van der Waals surface area contributed by atoms with Crippen molar-refractivity contribution in [1.82, 2.24) is 14.9 Å². The third kappa shape index (κ3) is 4.10. The van der Waals surface area contributed by atoms with Crippen LogP contribution in [0.4, 0.5) is 4.79 Å². The van der Waals surface area contributed by atoms with Gasteiger partial charge < -0.3 is 9.64 Å². The number of ether oxygens (including phenoxy) is 1. The average Bonchev–Trinajstić information content (AvgIpc) is 2.79. The highest BCUT2D eigenvalue weighted by molar-refractivity contribution is 7.99. The van der Waals surface area contributed by atoms with Gasteiger partial charge in [-0.25, -0.2) is 9.78 Å². The van der Waals surface area contributed by atoms with E-state index < -0.39 is 5.60 Å². The fraction of sp³-hybridized carbons (Fsp3) is 0.643. The molecule has 0 bridgehead atoms. The number of thioether (sulfide) groups is 1. The van der Waals surface area contributed by atoms with E-state index in [1.165, 1.54) is 0 Å². The third-order valence-corrected chi connectivity index (χ3v) is 4.25. The molecule has 1 aromatic heterocycles. The van der Waals surface area contributed by atoms with E-state index in [1.54, 1.807) is 29.1 Å². The highest BCUT2D eigenvalue weighted by Crippen LogP contribution is 2.30. The maximum absolute atomic E-state index is 12.0. The summed E-state index contributed by atoms with van der Waals surface area (Å²) in [7, 11) is 0. The average molecular weight is 295 g/mol. The summed E-state index contributed by atoms with van der Waals surface area (Å²) in [5, 5.41) is 1.31. The van der Waals surface area contributed by atoms with Crippen LogP contribution in [0.25, 0.3) is 0 Å². The molecule has 110 valence electrons. The lowest BCUT2D eigenvalue weighted by atomic mass is 10.2. The molecule has 1 aromatic rings. The summed E-state index contributed by atoms with van der Waals surface area (Å²) >= 11 is 1.69. The minimum absolute atomic E-state index is 0.225. The van der Waals surface area contributed by atoms with Crippen molar-refractivity contribution in [3.05, 3.63) is 18.1 Å². The number of rotatable bonds is 2. The molecule has 1 saturated heterocycles. The summed E-state index contributed by atoms with van der Waals surface area (Å²) in [5.41, 5.74) is 0.497. The van der Waals surface area contributed by atoms with Gasteiger partial charge in [0.1, 0.15) is 10.6 Å². The van der Waals surface area contributed by atoms with Gasteiger partial charge in [-0.15, -0.1) is 0 Å². The largest absolute Gasteiger partial charge is 0.444 e. The topological polar surface area (TPSA) is 55.3 Å². The van der Waals surface area contributed by atoms with Crippen LogP contribution in [0.5, 0.6) is 0 Å². The minimum atomic E-state index is -0.441. The maximum atomic E-state index is 12.0. The van der Waals surface area contributed by atoms with Gasteiger partial charge in [-0.3, -0.25) is 4.98 Å². The minimum Gasteiger partial charge on any atom is -0.444 e. The molecule has 1 amide bonds. The first-order chi connectivity index (χ1) is 9.35. The van der Waals surface area contributed by atoms with Gasteiger partial charge in [-0.2, -0.15) is 0 Å². The van der Waals surface area contributed by atoms with E-state index in [2.05, 4.69) is 9.97 Å². The lowest BCUT2D eigenvalue weighted by Crippen LogP contribution is -2.35. The lowest BCUT2D eigenvalue weighted by Gasteiger charge is -2.24. The van der Waals surface area contributed by atoms with Crippen LogP contribution in [-0.2, 0) is 4.74 Å². The summed E-state index contributed by atoms with van der Waals surface area (Å²) in [6, 6.07) is 0. The van der Waals surface area contributed by atoms with Crippen molar-refractivity contribution < 1.29 is 9.53 Å². The van der Waals surface area contributed by atoms with Gasteiger partial charge in [-0.1, -0.05) is 11.8 Å². The summed E-state index contributed by atoms with van der Waals surface area (Å²) in [4.78, 5) is 22.3. The Kier molecular flexibility index (Phi) is 4.52. The highest BCUT2D eigenvalue weighted by atomic mass is 32.2. The van der Waals surface area contributed by atoms with Gasteiger partial charge >= 0.3 is 6.09 Å². The Morgan fingerprint density at radius 2 is 2.10 bits per heavy atom.